The molecular weight excluding hydrogens is 236 g/mol. The average molecular weight is 270 g/mol. The van der Waals surface area contributed by atoms with E-state index in [2.05, 4.69) is 32.6 Å². The molecule has 1 fully saturated rings. The van der Waals surface area contributed by atoms with E-state index < -0.39 is 0 Å². The molecule has 1 aliphatic rings. The summed E-state index contributed by atoms with van der Waals surface area (Å²) in [4.78, 5) is 2.66. The Labute approximate surface area is 119 Å². The molecule has 0 aromatic heterocycles. The standard InChI is InChI=1S/C16H34N2O/c1-13(2)8-16(12-17,9-14(3)4)18-7-6-15(10-18)11-19-5/h13-15H,6-12,17H2,1-5H3. The van der Waals surface area contributed by atoms with E-state index in [0.29, 0.717) is 17.8 Å². The van der Waals surface area contributed by atoms with Crippen molar-refractivity contribution in [1.82, 2.24) is 4.90 Å². The Morgan fingerprint density at radius 1 is 1.21 bits per heavy atom. The second-order valence-electron chi connectivity index (χ2n) is 7.18. The van der Waals surface area contributed by atoms with Crippen LogP contribution in [0.15, 0.2) is 0 Å². The van der Waals surface area contributed by atoms with Gasteiger partial charge in [0.1, 0.15) is 0 Å². The van der Waals surface area contributed by atoms with Crippen LogP contribution in [0.5, 0.6) is 0 Å². The molecule has 0 spiro atoms. The van der Waals surface area contributed by atoms with Gasteiger partial charge in [0.15, 0.2) is 0 Å². The number of methoxy groups -OCH3 is 1. The Kier molecular flexibility index (Phi) is 6.78. The lowest BCUT2D eigenvalue weighted by Gasteiger charge is -2.44. The van der Waals surface area contributed by atoms with Crippen molar-refractivity contribution in [2.45, 2.75) is 52.5 Å². The summed E-state index contributed by atoms with van der Waals surface area (Å²) >= 11 is 0. The first-order valence-electron chi connectivity index (χ1n) is 7.87. The third kappa shape index (κ3) is 4.73. The van der Waals surface area contributed by atoms with E-state index in [1.807, 2.05) is 0 Å². The Morgan fingerprint density at radius 2 is 1.79 bits per heavy atom. The SMILES string of the molecule is COCC1CCN(C(CN)(CC(C)C)CC(C)C)C1. The molecular formula is C16H34N2O. The van der Waals surface area contributed by atoms with Crippen LogP contribution in [0.4, 0.5) is 0 Å². The minimum Gasteiger partial charge on any atom is -0.384 e. The van der Waals surface area contributed by atoms with Crippen molar-refractivity contribution in [1.29, 1.82) is 0 Å². The Bertz CT molecular complexity index is 243. The Balaban J connectivity index is 2.77. The van der Waals surface area contributed by atoms with Gasteiger partial charge in [0.2, 0.25) is 0 Å². The summed E-state index contributed by atoms with van der Waals surface area (Å²) in [5.41, 5.74) is 6.43. The second-order valence-corrected chi connectivity index (χ2v) is 7.18. The van der Waals surface area contributed by atoms with Crippen molar-refractivity contribution in [3.8, 4) is 0 Å². The van der Waals surface area contributed by atoms with Crippen molar-refractivity contribution < 1.29 is 4.74 Å². The van der Waals surface area contributed by atoms with Crippen LogP contribution >= 0.6 is 0 Å². The predicted octanol–water partition coefficient (Wildman–Crippen LogP) is 2.74. The lowest BCUT2D eigenvalue weighted by molar-refractivity contribution is 0.0658. The molecule has 1 unspecified atom stereocenters. The van der Waals surface area contributed by atoms with Gasteiger partial charge in [0.05, 0.1) is 6.61 Å². The highest BCUT2D eigenvalue weighted by molar-refractivity contribution is 4.96. The van der Waals surface area contributed by atoms with Crippen LogP contribution in [-0.4, -0.2) is 43.8 Å². The van der Waals surface area contributed by atoms with Crippen LogP contribution in [0.2, 0.25) is 0 Å². The summed E-state index contributed by atoms with van der Waals surface area (Å²) in [7, 11) is 1.81. The molecule has 1 rings (SSSR count). The number of rotatable bonds is 8. The summed E-state index contributed by atoms with van der Waals surface area (Å²) in [6.45, 7) is 13.3. The fourth-order valence-corrected chi connectivity index (χ4v) is 3.79. The number of hydrogen-bond acceptors (Lipinski definition) is 3. The molecule has 1 heterocycles. The lowest BCUT2D eigenvalue weighted by atomic mass is 9.80. The van der Waals surface area contributed by atoms with Crippen LogP contribution in [0.3, 0.4) is 0 Å². The van der Waals surface area contributed by atoms with E-state index in [9.17, 15) is 0 Å². The molecule has 1 aliphatic heterocycles. The van der Waals surface area contributed by atoms with Gasteiger partial charge in [0, 0.05) is 25.7 Å². The van der Waals surface area contributed by atoms with E-state index in [1.165, 1.54) is 25.8 Å². The largest absolute Gasteiger partial charge is 0.384 e. The van der Waals surface area contributed by atoms with Gasteiger partial charge >= 0.3 is 0 Å². The van der Waals surface area contributed by atoms with Gasteiger partial charge < -0.3 is 10.5 Å². The quantitative estimate of drug-likeness (QED) is 0.737. The van der Waals surface area contributed by atoms with Gasteiger partial charge in [-0.1, -0.05) is 27.7 Å². The zero-order valence-corrected chi connectivity index (χ0v) is 13.6. The lowest BCUT2D eigenvalue weighted by Crippen LogP contribution is -2.54. The Morgan fingerprint density at radius 3 is 2.21 bits per heavy atom. The predicted molar refractivity (Wildman–Crippen MR) is 82.3 cm³/mol. The van der Waals surface area contributed by atoms with Gasteiger partial charge in [-0.15, -0.1) is 0 Å². The highest BCUT2D eigenvalue weighted by atomic mass is 16.5. The van der Waals surface area contributed by atoms with Crippen LogP contribution in [0.25, 0.3) is 0 Å². The Hall–Kier alpha value is -0.120. The zero-order chi connectivity index (χ0) is 14.5. The number of hydrogen-bond donors (Lipinski definition) is 1. The number of likely N-dealkylation sites (tertiary alicyclic amines) is 1. The summed E-state index contributed by atoms with van der Waals surface area (Å²) in [6.07, 6.45) is 3.68. The van der Waals surface area contributed by atoms with E-state index in [-0.39, 0.29) is 5.54 Å². The third-order valence-corrected chi connectivity index (χ3v) is 4.32. The molecule has 1 atom stereocenters. The molecule has 0 amide bonds. The summed E-state index contributed by atoms with van der Waals surface area (Å²) in [6, 6.07) is 0. The highest BCUT2D eigenvalue weighted by Gasteiger charge is 2.40. The molecule has 0 bridgehead atoms. The highest BCUT2D eigenvalue weighted by Crippen LogP contribution is 2.34. The molecule has 19 heavy (non-hydrogen) atoms. The minimum atomic E-state index is 0.199. The molecule has 0 aromatic rings. The molecule has 0 aliphatic carbocycles. The minimum absolute atomic E-state index is 0.199. The van der Waals surface area contributed by atoms with Crippen LogP contribution in [0, 0.1) is 17.8 Å². The number of nitrogens with zero attached hydrogens (tertiary/aromatic N) is 1. The third-order valence-electron chi connectivity index (χ3n) is 4.32. The topological polar surface area (TPSA) is 38.5 Å². The molecule has 114 valence electrons. The van der Waals surface area contributed by atoms with E-state index >= 15 is 0 Å². The fourth-order valence-electron chi connectivity index (χ4n) is 3.79. The molecule has 0 radical (unpaired) electrons. The molecule has 3 nitrogen and oxygen atoms in total. The molecule has 0 saturated carbocycles. The van der Waals surface area contributed by atoms with Crippen LogP contribution in [-0.2, 0) is 4.74 Å². The molecule has 2 N–H and O–H groups in total. The number of nitrogens with two attached hydrogens (primary N) is 1. The molecule has 1 saturated heterocycles. The molecule has 0 aromatic carbocycles. The average Bonchev–Trinajstić information content (AvgIpc) is 2.76. The normalized spacial score (nSPS) is 21.8. The van der Waals surface area contributed by atoms with Crippen LogP contribution in [0.1, 0.15) is 47.0 Å². The van der Waals surface area contributed by atoms with Gasteiger partial charge in [-0.2, -0.15) is 0 Å². The maximum Gasteiger partial charge on any atom is 0.0503 e. The fraction of sp³-hybridized carbons (Fsp3) is 1.00. The maximum absolute atomic E-state index is 6.23. The van der Waals surface area contributed by atoms with Crippen molar-refractivity contribution in [3.05, 3.63) is 0 Å². The van der Waals surface area contributed by atoms with Gasteiger partial charge in [-0.05, 0) is 43.6 Å². The first-order chi connectivity index (χ1) is 8.93. The van der Waals surface area contributed by atoms with Gasteiger partial charge in [0.25, 0.3) is 0 Å². The van der Waals surface area contributed by atoms with Gasteiger partial charge in [-0.25, -0.2) is 0 Å². The second kappa shape index (κ2) is 7.61. The monoisotopic (exact) mass is 270 g/mol. The first kappa shape index (κ1) is 16.9. The summed E-state index contributed by atoms with van der Waals surface area (Å²) in [5, 5.41) is 0. The van der Waals surface area contributed by atoms with E-state index in [0.717, 1.165) is 19.7 Å². The smallest absolute Gasteiger partial charge is 0.0503 e. The van der Waals surface area contributed by atoms with Crippen molar-refractivity contribution in [2.24, 2.45) is 23.5 Å². The van der Waals surface area contributed by atoms with Gasteiger partial charge in [-0.3, -0.25) is 4.90 Å². The summed E-state index contributed by atoms with van der Waals surface area (Å²) < 4.78 is 5.32. The summed E-state index contributed by atoms with van der Waals surface area (Å²) in [5.74, 6) is 2.09. The van der Waals surface area contributed by atoms with Crippen LogP contribution < -0.4 is 5.73 Å². The van der Waals surface area contributed by atoms with Crippen molar-refractivity contribution in [2.75, 3.05) is 33.4 Å². The molecule has 3 heteroatoms. The number of ether oxygens (including phenoxy) is 1. The van der Waals surface area contributed by atoms with Crippen molar-refractivity contribution in [3.63, 3.8) is 0 Å². The first-order valence-corrected chi connectivity index (χ1v) is 7.87. The van der Waals surface area contributed by atoms with Crippen molar-refractivity contribution >= 4 is 0 Å². The van der Waals surface area contributed by atoms with E-state index in [1.54, 1.807) is 7.11 Å². The maximum atomic E-state index is 6.23. The zero-order valence-electron chi connectivity index (χ0n) is 13.6. The van der Waals surface area contributed by atoms with E-state index in [4.69, 9.17) is 10.5 Å².